The second kappa shape index (κ2) is 9.19. The number of rotatable bonds is 3. The Hall–Kier alpha value is -2.84. The Morgan fingerprint density at radius 3 is 2.52 bits per heavy atom. The number of piperazine rings is 1. The number of halogens is 3. The minimum atomic E-state index is -0.648. The fraction of sp³-hybridized carbons (Fsp3) is 0.348. The van der Waals surface area contributed by atoms with Gasteiger partial charge in [0, 0.05) is 37.3 Å². The Labute approximate surface area is 201 Å². The number of ether oxygens (including phenoxy) is 1. The predicted octanol–water partition coefficient (Wildman–Crippen LogP) is 5.88. The van der Waals surface area contributed by atoms with E-state index >= 15 is 0 Å². The van der Waals surface area contributed by atoms with E-state index in [1.165, 1.54) is 18.5 Å². The molecule has 7 nitrogen and oxygen atoms in total. The summed E-state index contributed by atoms with van der Waals surface area (Å²) in [6.45, 7) is 7.98. The number of nitrogens with one attached hydrogen (secondary N) is 1. The van der Waals surface area contributed by atoms with E-state index in [0.717, 1.165) is 11.1 Å². The zero-order valence-corrected chi connectivity index (χ0v) is 20.0. The lowest BCUT2D eigenvalue weighted by atomic mass is 10.1. The van der Waals surface area contributed by atoms with Gasteiger partial charge in [-0.1, -0.05) is 23.2 Å². The van der Waals surface area contributed by atoms with Crippen molar-refractivity contribution in [2.24, 2.45) is 0 Å². The molecular formula is C23H24Cl2FN5O2. The van der Waals surface area contributed by atoms with Gasteiger partial charge < -0.3 is 19.9 Å². The third-order valence-electron chi connectivity index (χ3n) is 5.20. The number of carbonyl (C=O) groups excluding carboxylic acids is 1. The van der Waals surface area contributed by atoms with Gasteiger partial charge in [0.1, 0.15) is 17.7 Å². The van der Waals surface area contributed by atoms with Crippen LogP contribution in [-0.2, 0) is 4.74 Å². The van der Waals surface area contributed by atoms with Crippen LogP contribution in [0.25, 0.3) is 10.9 Å². The summed E-state index contributed by atoms with van der Waals surface area (Å²) in [5, 5.41) is 3.72. The lowest BCUT2D eigenvalue weighted by molar-refractivity contribution is 0.0240. The SMILES string of the molecule is CC(C)(C)OC(=O)N1CCN(c2ccc3ncnc(Nc4ccc(Cl)c(Cl)c4F)c3c2)CC1. The Balaban J connectivity index is 1.54. The zero-order valence-electron chi connectivity index (χ0n) is 18.5. The second-order valence-corrected chi connectivity index (χ2v) is 9.51. The molecule has 1 aliphatic heterocycles. The van der Waals surface area contributed by atoms with Gasteiger partial charge in [-0.15, -0.1) is 0 Å². The Morgan fingerprint density at radius 2 is 1.82 bits per heavy atom. The summed E-state index contributed by atoms with van der Waals surface area (Å²) >= 11 is 11.8. The van der Waals surface area contributed by atoms with E-state index in [4.69, 9.17) is 27.9 Å². The fourth-order valence-electron chi connectivity index (χ4n) is 3.56. The molecule has 0 atom stereocenters. The number of aromatic nitrogens is 2. The highest BCUT2D eigenvalue weighted by atomic mass is 35.5. The number of amides is 1. The van der Waals surface area contributed by atoms with Crippen LogP contribution >= 0.6 is 23.2 Å². The van der Waals surface area contributed by atoms with E-state index in [2.05, 4.69) is 20.2 Å². The predicted molar refractivity (Wildman–Crippen MR) is 129 cm³/mol. The highest BCUT2D eigenvalue weighted by Gasteiger charge is 2.26. The zero-order chi connectivity index (χ0) is 23.8. The minimum absolute atomic E-state index is 0.139. The number of carbonyl (C=O) groups is 1. The third-order valence-corrected chi connectivity index (χ3v) is 5.98. The molecule has 1 aliphatic rings. The lowest BCUT2D eigenvalue weighted by Gasteiger charge is -2.36. The molecule has 1 saturated heterocycles. The van der Waals surface area contributed by atoms with Crippen LogP contribution in [0.5, 0.6) is 0 Å². The Bertz CT molecular complexity index is 1190. The maximum Gasteiger partial charge on any atom is 0.410 e. The summed E-state index contributed by atoms with van der Waals surface area (Å²) in [6, 6.07) is 8.85. The van der Waals surface area contributed by atoms with E-state index in [-0.39, 0.29) is 21.8 Å². The van der Waals surface area contributed by atoms with Gasteiger partial charge in [0.15, 0.2) is 5.82 Å². The molecule has 4 rings (SSSR count). The maximum atomic E-state index is 14.6. The molecule has 174 valence electrons. The smallest absolute Gasteiger partial charge is 0.410 e. The van der Waals surface area contributed by atoms with Crippen molar-refractivity contribution < 1.29 is 13.9 Å². The van der Waals surface area contributed by atoms with E-state index in [1.807, 2.05) is 39.0 Å². The van der Waals surface area contributed by atoms with Gasteiger partial charge in [0.25, 0.3) is 0 Å². The quantitative estimate of drug-likeness (QED) is 0.461. The van der Waals surface area contributed by atoms with Gasteiger partial charge in [-0.3, -0.25) is 0 Å². The van der Waals surface area contributed by atoms with Gasteiger partial charge in [0.2, 0.25) is 0 Å². The first-order valence-corrected chi connectivity index (χ1v) is 11.3. The van der Waals surface area contributed by atoms with Gasteiger partial charge in [-0.05, 0) is 51.1 Å². The summed E-state index contributed by atoms with van der Waals surface area (Å²) in [7, 11) is 0. The summed E-state index contributed by atoms with van der Waals surface area (Å²) < 4.78 is 20.0. The molecule has 33 heavy (non-hydrogen) atoms. The van der Waals surface area contributed by atoms with Gasteiger partial charge in [-0.25, -0.2) is 19.2 Å². The van der Waals surface area contributed by atoms with Crippen LogP contribution in [0.15, 0.2) is 36.7 Å². The molecule has 0 spiro atoms. The van der Waals surface area contributed by atoms with Crippen molar-refractivity contribution in [3.05, 3.63) is 52.5 Å². The molecule has 1 fully saturated rings. The minimum Gasteiger partial charge on any atom is -0.444 e. The molecule has 0 saturated carbocycles. The molecule has 0 unspecified atom stereocenters. The van der Waals surface area contributed by atoms with Crippen molar-refractivity contribution in [1.29, 1.82) is 0 Å². The van der Waals surface area contributed by atoms with Crippen molar-refractivity contribution in [2.45, 2.75) is 26.4 Å². The van der Waals surface area contributed by atoms with Crippen molar-refractivity contribution in [3.8, 4) is 0 Å². The number of benzene rings is 2. The molecule has 1 aromatic heterocycles. The molecular weight excluding hydrogens is 468 g/mol. The number of fused-ring (bicyclic) bond motifs is 1. The number of hydrogen-bond donors (Lipinski definition) is 1. The normalized spacial score (nSPS) is 14.5. The molecule has 1 amide bonds. The molecule has 2 heterocycles. The van der Waals surface area contributed by atoms with Crippen molar-refractivity contribution >= 4 is 57.4 Å². The Morgan fingerprint density at radius 1 is 1.09 bits per heavy atom. The van der Waals surface area contributed by atoms with Crippen molar-refractivity contribution in [3.63, 3.8) is 0 Å². The van der Waals surface area contributed by atoms with Gasteiger partial charge in [-0.2, -0.15) is 0 Å². The molecule has 0 bridgehead atoms. The second-order valence-electron chi connectivity index (χ2n) is 8.73. The first kappa shape index (κ1) is 23.3. The molecule has 0 aliphatic carbocycles. The summed E-state index contributed by atoms with van der Waals surface area (Å²) in [5.41, 5.74) is 1.31. The highest BCUT2D eigenvalue weighted by molar-refractivity contribution is 6.42. The van der Waals surface area contributed by atoms with E-state index in [0.29, 0.717) is 37.5 Å². The first-order valence-electron chi connectivity index (χ1n) is 10.5. The van der Waals surface area contributed by atoms with Crippen molar-refractivity contribution in [1.82, 2.24) is 14.9 Å². The van der Waals surface area contributed by atoms with Crippen LogP contribution in [0, 0.1) is 5.82 Å². The van der Waals surface area contributed by atoms with Crippen LogP contribution in [0.2, 0.25) is 10.0 Å². The standard InChI is InChI=1S/C23H24Cl2FN5O2/c1-23(2,3)33-22(32)31-10-8-30(9-11-31)14-4-6-17-15(12-14)21(28-13-27-17)29-18-7-5-16(24)19(25)20(18)26/h4-7,12-13H,8-11H2,1-3H3,(H,27,28,29). The van der Waals surface area contributed by atoms with Crippen LogP contribution in [0.3, 0.4) is 0 Å². The van der Waals surface area contributed by atoms with Gasteiger partial charge in [0.05, 0.1) is 21.2 Å². The maximum absolute atomic E-state index is 14.6. The van der Waals surface area contributed by atoms with E-state index in [1.54, 1.807) is 4.90 Å². The average molecular weight is 492 g/mol. The van der Waals surface area contributed by atoms with E-state index < -0.39 is 11.4 Å². The largest absolute Gasteiger partial charge is 0.444 e. The monoisotopic (exact) mass is 491 g/mol. The molecule has 1 N–H and O–H groups in total. The fourth-order valence-corrected chi connectivity index (χ4v) is 3.88. The highest BCUT2D eigenvalue weighted by Crippen LogP contribution is 2.33. The number of nitrogens with zero attached hydrogens (tertiary/aromatic N) is 4. The topological polar surface area (TPSA) is 70.6 Å². The van der Waals surface area contributed by atoms with Crippen molar-refractivity contribution in [2.75, 3.05) is 36.4 Å². The molecule has 0 radical (unpaired) electrons. The summed E-state index contributed by atoms with van der Waals surface area (Å²) in [5.74, 6) is -0.197. The van der Waals surface area contributed by atoms with E-state index in [9.17, 15) is 9.18 Å². The molecule has 2 aromatic carbocycles. The van der Waals surface area contributed by atoms with Crippen LogP contribution < -0.4 is 10.2 Å². The summed E-state index contributed by atoms with van der Waals surface area (Å²) in [6.07, 6.45) is 1.11. The number of hydrogen-bond acceptors (Lipinski definition) is 6. The van der Waals surface area contributed by atoms with Crippen LogP contribution in [0.4, 0.5) is 26.4 Å². The average Bonchev–Trinajstić information content (AvgIpc) is 2.78. The Kier molecular flexibility index (Phi) is 6.50. The van der Waals surface area contributed by atoms with Crippen LogP contribution in [0.1, 0.15) is 20.8 Å². The molecule has 10 heteroatoms. The lowest BCUT2D eigenvalue weighted by Crippen LogP contribution is -2.50. The summed E-state index contributed by atoms with van der Waals surface area (Å²) in [4.78, 5) is 24.8. The van der Waals surface area contributed by atoms with Gasteiger partial charge >= 0.3 is 6.09 Å². The first-order chi connectivity index (χ1) is 15.6. The molecule has 3 aromatic rings. The number of anilines is 3. The van der Waals surface area contributed by atoms with Crippen LogP contribution in [-0.4, -0.2) is 52.7 Å². The third kappa shape index (κ3) is 5.23.